The fourth-order valence-electron chi connectivity index (χ4n) is 3.40. The number of rotatable bonds is 4. The molecule has 0 spiro atoms. The Bertz CT molecular complexity index is 401. The summed E-state index contributed by atoms with van der Waals surface area (Å²) in [6, 6.07) is 5.67. The summed E-state index contributed by atoms with van der Waals surface area (Å²) in [6.07, 6.45) is 4.00. The second-order valence-electron chi connectivity index (χ2n) is 5.73. The molecule has 3 rings (SSSR count). The van der Waals surface area contributed by atoms with E-state index >= 15 is 0 Å². The molecule has 106 valence electrons. The van der Waals surface area contributed by atoms with Gasteiger partial charge in [0, 0.05) is 34.9 Å². The Hall–Kier alpha value is -0.420. The Balaban J connectivity index is 1.54. The first-order chi connectivity index (χ1) is 9.33. The van der Waals surface area contributed by atoms with Gasteiger partial charge < -0.3 is 15.4 Å². The molecule has 4 heteroatoms. The van der Waals surface area contributed by atoms with E-state index in [1.165, 1.54) is 29.0 Å². The highest BCUT2D eigenvalue weighted by atomic mass is 32.1. The van der Waals surface area contributed by atoms with Crippen molar-refractivity contribution in [2.45, 2.75) is 44.8 Å². The van der Waals surface area contributed by atoms with Crippen LogP contribution in [-0.2, 0) is 11.3 Å². The molecule has 1 aromatic heterocycles. The van der Waals surface area contributed by atoms with Crippen molar-refractivity contribution in [3.63, 3.8) is 0 Å². The molecule has 0 aromatic carbocycles. The molecule has 0 amide bonds. The number of thiophene rings is 1. The van der Waals surface area contributed by atoms with Crippen molar-refractivity contribution in [3.05, 3.63) is 21.9 Å². The minimum absolute atomic E-state index is 0.554. The SMILES string of the molecule is Cc1ccc(CNC2CCCC2C2COCCN2)s1. The molecule has 1 saturated carbocycles. The maximum atomic E-state index is 5.62. The van der Waals surface area contributed by atoms with Gasteiger partial charge in [-0.1, -0.05) is 6.42 Å². The van der Waals surface area contributed by atoms with Gasteiger partial charge in [-0.3, -0.25) is 0 Å². The molecule has 3 unspecified atom stereocenters. The van der Waals surface area contributed by atoms with Gasteiger partial charge in [-0.25, -0.2) is 0 Å². The van der Waals surface area contributed by atoms with Crippen molar-refractivity contribution in [3.8, 4) is 0 Å². The van der Waals surface area contributed by atoms with Gasteiger partial charge in [-0.15, -0.1) is 11.3 Å². The predicted octanol–water partition coefficient (Wildman–Crippen LogP) is 2.30. The number of morpholine rings is 1. The lowest BCUT2D eigenvalue weighted by Gasteiger charge is -2.33. The maximum Gasteiger partial charge on any atom is 0.0623 e. The van der Waals surface area contributed by atoms with E-state index < -0.39 is 0 Å². The average Bonchev–Trinajstić information content (AvgIpc) is 3.06. The van der Waals surface area contributed by atoms with Gasteiger partial charge >= 0.3 is 0 Å². The molecule has 3 nitrogen and oxygen atoms in total. The summed E-state index contributed by atoms with van der Waals surface area (Å²) < 4.78 is 5.62. The quantitative estimate of drug-likeness (QED) is 0.888. The van der Waals surface area contributed by atoms with Crippen LogP contribution in [-0.4, -0.2) is 31.8 Å². The Morgan fingerprint density at radius 3 is 3.11 bits per heavy atom. The topological polar surface area (TPSA) is 33.3 Å². The van der Waals surface area contributed by atoms with Crippen molar-refractivity contribution < 1.29 is 4.74 Å². The van der Waals surface area contributed by atoms with Crippen LogP contribution in [0.2, 0.25) is 0 Å². The molecule has 2 fully saturated rings. The Labute approximate surface area is 119 Å². The van der Waals surface area contributed by atoms with Gasteiger partial charge in [0.25, 0.3) is 0 Å². The zero-order chi connectivity index (χ0) is 13.1. The van der Waals surface area contributed by atoms with E-state index in [-0.39, 0.29) is 0 Å². The first-order valence-electron chi connectivity index (χ1n) is 7.43. The summed E-state index contributed by atoms with van der Waals surface area (Å²) in [5.74, 6) is 0.737. The number of hydrogen-bond acceptors (Lipinski definition) is 4. The summed E-state index contributed by atoms with van der Waals surface area (Å²) in [4.78, 5) is 2.86. The highest BCUT2D eigenvalue weighted by Crippen LogP contribution is 2.30. The summed E-state index contributed by atoms with van der Waals surface area (Å²) in [5.41, 5.74) is 0. The molecule has 3 atom stereocenters. The van der Waals surface area contributed by atoms with Crippen LogP contribution >= 0.6 is 11.3 Å². The monoisotopic (exact) mass is 280 g/mol. The lowest BCUT2D eigenvalue weighted by molar-refractivity contribution is 0.0524. The molecule has 0 radical (unpaired) electrons. The van der Waals surface area contributed by atoms with E-state index in [2.05, 4.69) is 29.7 Å². The van der Waals surface area contributed by atoms with Crippen LogP contribution in [0.3, 0.4) is 0 Å². The van der Waals surface area contributed by atoms with Crippen molar-refractivity contribution >= 4 is 11.3 Å². The first kappa shape index (κ1) is 13.6. The maximum absolute atomic E-state index is 5.62. The molecule has 1 saturated heterocycles. The van der Waals surface area contributed by atoms with Crippen molar-refractivity contribution in [1.82, 2.24) is 10.6 Å². The van der Waals surface area contributed by atoms with Crippen molar-refractivity contribution in [2.24, 2.45) is 5.92 Å². The normalized spacial score (nSPS) is 31.7. The van der Waals surface area contributed by atoms with Crippen LogP contribution in [0.15, 0.2) is 12.1 Å². The van der Waals surface area contributed by atoms with E-state index in [0.717, 1.165) is 32.2 Å². The Morgan fingerprint density at radius 1 is 1.42 bits per heavy atom. The molecule has 1 aromatic rings. The Kier molecular flexibility index (Phi) is 4.53. The summed E-state index contributed by atoms with van der Waals surface area (Å²) in [7, 11) is 0. The van der Waals surface area contributed by atoms with Gasteiger partial charge in [0.05, 0.1) is 13.2 Å². The molecular weight excluding hydrogens is 256 g/mol. The molecular formula is C15H24N2OS. The highest BCUT2D eigenvalue weighted by Gasteiger charge is 2.34. The third-order valence-corrected chi connectivity index (χ3v) is 5.37. The van der Waals surface area contributed by atoms with Crippen LogP contribution in [0.5, 0.6) is 0 Å². The molecule has 2 heterocycles. The van der Waals surface area contributed by atoms with Gasteiger partial charge in [0.1, 0.15) is 0 Å². The van der Waals surface area contributed by atoms with E-state index in [1.807, 2.05) is 11.3 Å². The minimum Gasteiger partial charge on any atom is -0.379 e. The largest absolute Gasteiger partial charge is 0.379 e. The second-order valence-corrected chi connectivity index (χ2v) is 7.10. The lowest BCUT2D eigenvalue weighted by Crippen LogP contribution is -2.50. The van der Waals surface area contributed by atoms with Crippen LogP contribution < -0.4 is 10.6 Å². The van der Waals surface area contributed by atoms with E-state index in [4.69, 9.17) is 4.74 Å². The molecule has 1 aliphatic heterocycles. The third kappa shape index (κ3) is 3.37. The first-order valence-corrected chi connectivity index (χ1v) is 8.24. The van der Waals surface area contributed by atoms with Crippen LogP contribution in [0.1, 0.15) is 29.0 Å². The van der Waals surface area contributed by atoms with E-state index in [1.54, 1.807) is 0 Å². The summed E-state index contributed by atoms with van der Waals surface area (Å²) in [6.45, 7) is 5.97. The number of hydrogen-bond donors (Lipinski definition) is 2. The molecule has 1 aliphatic carbocycles. The number of ether oxygens (including phenoxy) is 1. The fraction of sp³-hybridized carbons (Fsp3) is 0.733. The Morgan fingerprint density at radius 2 is 2.37 bits per heavy atom. The van der Waals surface area contributed by atoms with E-state index in [9.17, 15) is 0 Å². The van der Waals surface area contributed by atoms with Crippen molar-refractivity contribution in [1.29, 1.82) is 0 Å². The molecule has 2 N–H and O–H groups in total. The molecule has 2 aliphatic rings. The fourth-order valence-corrected chi connectivity index (χ4v) is 4.24. The summed E-state index contributed by atoms with van der Waals surface area (Å²) in [5, 5.41) is 7.40. The predicted molar refractivity (Wildman–Crippen MR) is 79.6 cm³/mol. The molecule has 0 bridgehead atoms. The van der Waals surface area contributed by atoms with Gasteiger partial charge in [-0.05, 0) is 37.8 Å². The number of aryl methyl sites for hydroxylation is 1. The smallest absolute Gasteiger partial charge is 0.0623 e. The van der Waals surface area contributed by atoms with Gasteiger partial charge in [-0.2, -0.15) is 0 Å². The number of nitrogens with one attached hydrogen (secondary N) is 2. The van der Waals surface area contributed by atoms with E-state index in [0.29, 0.717) is 12.1 Å². The van der Waals surface area contributed by atoms with Crippen LogP contribution in [0, 0.1) is 12.8 Å². The lowest BCUT2D eigenvalue weighted by atomic mass is 9.94. The van der Waals surface area contributed by atoms with Gasteiger partial charge in [0.15, 0.2) is 0 Å². The van der Waals surface area contributed by atoms with Crippen LogP contribution in [0.4, 0.5) is 0 Å². The molecule has 19 heavy (non-hydrogen) atoms. The van der Waals surface area contributed by atoms with Crippen LogP contribution in [0.25, 0.3) is 0 Å². The minimum atomic E-state index is 0.554. The zero-order valence-electron chi connectivity index (χ0n) is 11.7. The third-order valence-electron chi connectivity index (χ3n) is 4.37. The zero-order valence-corrected chi connectivity index (χ0v) is 12.5. The highest BCUT2D eigenvalue weighted by molar-refractivity contribution is 7.11. The van der Waals surface area contributed by atoms with Gasteiger partial charge in [0.2, 0.25) is 0 Å². The second kappa shape index (κ2) is 6.35. The standard InChI is InChI=1S/C15H24N2OS/c1-11-5-6-12(19-11)9-17-14-4-2-3-13(14)15-10-18-8-7-16-15/h5-6,13-17H,2-4,7-10H2,1H3. The average molecular weight is 280 g/mol. The summed E-state index contributed by atoms with van der Waals surface area (Å²) >= 11 is 1.91. The van der Waals surface area contributed by atoms with Crippen molar-refractivity contribution in [2.75, 3.05) is 19.8 Å².